The highest BCUT2D eigenvalue weighted by Gasteiger charge is 2.30. The highest BCUT2D eigenvalue weighted by atomic mass is 31.2. The molecule has 0 aromatic carbocycles. The summed E-state index contributed by atoms with van der Waals surface area (Å²) in [6.45, 7) is 4.96. The Balaban J connectivity index is 5.20. The van der Waals surface area contributed by atoms with Crippen molar-refractivity contribution in [2.75, 3.05) is 39.6 Å². The van der Waals surface area contributed by atoms with Crippen LogP contribution < -0.4 is 0 Å². The van der Waals surface area contributed by atoms with Crippen molar-refractivity contribution in [2.24, 2.45) is 0 Å². The molecule has 0 radical (unpaired) electrons. The fraction of sp³-hybridized carbons (Fsp3) is 0.947. The fourth-order valence-corrected chi connectivity index (χ4v) is 13.2. The second kappa shape index (κ2) is 69.5. The first-order valence-corrected chi connectivity index (χ1v) is 42.3. The first kappa shape index (κ1) is 92.1. The summed E-state index contributed by atoms with van der Waals surface area (Å²) in [5.74, 6) is -2.11. The lowest BCUT2D eigenvalue weighted by atomic mass is 10.0. The van der Waals surface area contributed by atoms with E-state index in [1.807, 2.05) is 0 Å². The topological polar surface area (TPSA) is 237 Å². The largest absolute Gasteiger partial charge is 0.472 e. The molecule has 0 aliphatic heterocycles. The molecule has 0 rings (SSSR count). The van der Waals surface area contributed by atoms with Gasteiger partial charge in [-0.05, 0) is 25.7 Å². The van der Waals surface area contributed by atoms with E-state index in [4.69, 9.17) is 37.0 Å². The zero-order valence-electron chi connectivity index (χ0n) is 60.9. The summed E-state index contributed by atoms with van der Waals surface area (Å²) < 4.78 is 68.4. The molecule has 558 valence electrons. The standard InChI is InChI=1S/C75H146O17P2/c1-5-9-13-17-21-25-28-31-33-34-35-36-37-40-43-46-50-54-58-62-75(80)92-71(66-86-73(78)60-56-52-48-44-41-39-32-29-26-22-18-14-10-6-2)68-90-94(83,84)88-64-69(76)63-87-93(81,82)89-67-70(65-85-72(77)59-55-51-47-24-20-16-12-8-4)91-74(79)61-57-53-49-45-42-38-30-27-23-19-15-11-7-3/h69-71,76H,5-68H2,1-4H3,(H,81,82)(H,83,84)/t69-,70+,71+/m0/s1. The van der Waals surface area contributed by atoms with Crippen LogP contribution in [0.5, 0.6) is 0 Å². The predicted molar refractivity (Wildman–Crippen MR) is 382 cm³/mol. The number of ether oxygens (including phenoxy) is 4. The van der Waals surface area contributed by atoms with Gasteiger partial charge in [0.25, 0.3) is 0 Å². The van der Waals surface area contributed by atoms with Gasteiger partial charge in [0.2, 0.25) is 0 Å². The maximum atomic E-state index is 13.1. The van der Waals surface area contributed by atoms with Crippen LogP contribution in [0.2, 0.25) is 0 Å². The highest BCUT2D eigenvalue weighted by molar-refractivity contribution is 7.47. The molecule has 0 aliphatic carbocycles. The lowest BCUT2D eigenvalue weighted by Crippen LogP contribution is -2.30. The van der Waals surface area contributed by atoms with Crippen LogP contribution in [0.3, 0.4) is 0 Å². The van der Waals surface area contributed by atoms with Gasteiger partial charge >= 0.3 is 39.5 Å². The number of aliphatic hydroxyl groups excluding tert-OH is 1. The molecular weight excluding hydrogens is 1230 g/mol. The van der Waals surface area contributed by atoms with Gasteiger partial charge < -0.3 is 33.8 Å². The van der Waals surface area contributed by atoms with E-state index in [0.717, 1.165) is 89.9 Å². The third-order valence-electron chi connectivity index (χ3n) is 17.6. The van der Waals surface area contributed by atoms with E-state index in [9.17, 15) is 43.2 Å². The van der Waals surface area contributed by atoms with E-state index in [1.165, 1.54) is 231 Å². The summed E-state index contributed by atoms with van der Waals surface area (Å²) in [7, 11) is -9.90. The van der Waals surface area contributed by atoms with E-state index in [0.29, 0.717) is 25.7 Å². The van der Waals surface area contributed by atoms with Gasteiger partial charge in [-0.25, -0.2) is 9.13 Å². The van der Waals surface area contributed by atoms with Gasteiger partial charge in [0.1, 0.15) is 19.3 Å². The Bertz CT molecular complexity index is 1790. The molecule has 0 aromatic rings. The summed E-state index contributed by atoms with van der Waals surface area (Å²) in [5, 5.41) is 10.6. The number of rotatable bonds is 76. The molecule has 0 saturated carbocycles. The number of hydrogen-bond acceptors (Lipinski definition) is 15. The molecule has 0 bridgehead atoms. The number of hydrogen-bond donors (Lipinski definition) is 3. The Labute approximate surface area is 575 Å². The Kier molecular flexibility index (Phi) is 68.1. The Morgan fingerprint density at radius 1 is 0.255 bits per heavy atom. The van der Waals surface area contributed by atoms with Crippen LogP contribution in [0.1, 0.15) is 400 Å². The van der Waals surface area contributed by atoms with Crippen molar-refractivity contribution in [3.8, 4) is 0 Å². The van der Waals surface area contributed by atoms with Gasteiger partial charge in [-0.15, -0.1) is 0 Å². The molecule has 17 nitrogen and oxygen atoms in total. The van der Waals surface area contributed by atoms with Crippen LogP contribution in [-0.2, 0) is 65.4 Å². The first-order valence-electron chi connectivity index (χ1n) is 39.3. The number of aliphatic hydroxyl groups is 1. The molecule has 0 heterocycles. The minimum Gasteiger partial charge on any atom is -0.462 e. The highest BCUT2D eigenvalue weighted by Crippen LogP contribution is 2.45. The van der Waals surface area contributed by atoms with E-state index < -0.39 is 97.5 Å². The predicted octanol–water partition coefficient (Wildman–Crippen LogP) is 22.2. The summed E-state index contributed by atoms with van der Waals surface area (Å²) >= 11 is 0. The molecule has 0 aromatic heterocycles. The second-order valence-electron chi connectivity index (χ2n) is 27.0. The minimum atomic E-state index is -4.95. The third-order valence-corrected chi connectivity index (χ3v) is 19.5. The first-order chi connectivity index (χ1) is 45.7. The average Bonchev–Trinajstić information content (AvgIpc) is 3.02. The maximum absolute atomic E-state index is 13.1. The quantitative estimate of drug-likeness (QED) is 0.0222. The van der Waals surface area contributed by atoms with Crippen molar-refractivity contribution in [3.63, 3.8) is 0 Å². The van der Waals surface area contributed by atoms with E-state index in [1.54, 1.807) is 0 Å². The van der Waals surface area contributed by atoms with Crippen molar-refractivity contribution < 1.29 is 80.2 Å². The van der Waals surface area contributed by atoms with Crippen molar-refractivity contribution in [2.45, 2.75) is 418 Å². The normalized spacial score (nSPS) is 13.9. The van der Waals surface area contributed by atoms with Gasteiger partial charge in [-0.3, -0.25) is 37.3 Å². The van der Waals surface area contributed by atoms with Crippen molar-refractivity contribution in [1.82, 2.24) is 0 Å². The van der Waals surface area contributed by atoms with Gasteiger partial charge in [0.15, 0.2) is 12.2 Å². The lowest BCUT2D eigenvalue weighted by molar-refractivity contribution is -0.161. The second-order valence-corrected chi connectivity index (χ2v) is 29.9. The summed E-state index contributed by atoms with van der Waals surface area (Å²) in [5.41, 5.74) is 0. The number of phosphoric acid groups is 2. The molecular formula is C75H146O17P2. The molecule has 94 heavy (non-hydrogen) atoms. The lowest BCUT2D eigenvalue weighted by Gasteiger charge is -2.21. The molecule has 2 unspecified atom stereocenters. The Morgan fingerprint density at radius 3 is 0.628 bits per heavy atom. The van der Waals surface area contributed by atoms with Crippen molar-refractivity contribution in [3.05, 3.63) is 0 Å². The van der Waals surface area contributed by atoms with Crippen LogP contribution in [0.25, 0.3) is 0 Å². The number of carbonyl (C=O) groups excluding carboxylic acids is 4. The van der Waals surface area contributed by atoms with Crippen LogP contribution in [0, 0.1) is 0 Å². The molecule has 5 atom stereocenters. The van der Waals surface area contributed by atoms with Crippen LogP contribution >= 0.6 is 15.6 Å². The molecule has 3 N–H and O–H groups in total. The van der Waals surface area contributed by atoms with Gasteiger partial charge in [0, 0.05) is 25.7 Å². The smallest absolute Gasteiger partial charge is 0.462 e. The number of phosphoric ester groups is 2. The van der Waals surface area contributed by atoms with E-state index in [2.05, 4.69) is 27.7 Å². The molecule has 0 saturated heterocycles. The number of carbonyl (C=O) groups is 4. The zero-order valence-corrected chi connectivity index (χ0v) is 62.7. The van der Waals surface area contributed by atoms with E-state index in [-0.39, 0.29) is 25.7 Å². The summed E-state index contributed by atoms with van der Waals surface area (Å²) in [4.78, 5) is 72.7. The third kappa shape index (κ3) is 68.6. The van der Waals surface area contributed by atoms with Crippen molar-refractivity contribution in [1.29, 1.82) is 0 Å². The number of unbranched alkanes of at least 4 members (excludes halogenated alkanes) is 50. The van der Waals surface area contributed by atoms with E-state index >= 15 is 0 Å². The number of esters is 4. The SMILES string of the molecule is CCCCCCCCCCCCCCCCCCCCCC(=O)O[C@H](COC(=O)CCCCCCCCCCCCCCCC)COP(=O)(O)OC[C@@H](O)COP(=O)(O)OC[C@@H](COC(=O)CCCCCCCCCC)OC(=O)CCCCCCCCCCCCCCC. The molecule has 0 amide bonds. The molecule has 0 aliphatic rings. The van der Waals surface area contributed by atoms with Crippen molar-refractivity contribution >= 4 is 39.5 Å². The fourth-order valence-electron chi connectivity index (χ4n) is 11.6. The molecule has 0 spiro atoms. The average molecular weight is 1380 g/mol. The molecule has 19 heteroatoms. The summed E-state index contributed by atoms with van der Waals surface area (Å²) in [6, 6.07) is 0. The molecule has 0 fully saturated rings. The van der Waals surface area contributed by atoms with Crippen LogP contribution in [0.15, 0.2) is 0 Å². The zero-order chi connectivity index (χ0) is 69.0. The Hall–Kier alpha value is -1.94. The monoisotopic (exact) mass is 1380 g/mol. The van der Waals surface area contributed by atoms with Gasteiger partial charge in [-0.2, -0.15) is 0 Å². The van der Waals surface area contributed by atoms with Crippen LogP contribution in [0.4, 0.5) is 0 Å². The van der Waals surface area contributed by atoms with Gasteiger partial charge in [0.05, 0.1) is 26.4 Å². The summed E-state index contributed by atoms with van der Waals surface area (Å²) in [6.07, 6.45) is 59.6. The maximum Gasteiger partial charge on any atom is 0.472 e. The Morgan fingerprint density at radius 2 is 0.426 bits per heavy atom. The van der Waals surface area contributed by atoms with Crippen LogP contribution in [-0.4, -0.2) is 96.7 Å². The van der Waals surface area contributed by atoms with Gasteiger partial charge in [-0.1, -0.05) is 349 Å². The minimum absolute atomic E-state index is 0.108.